The van der Waals surface area contributed by atoms with Crippen LogP contribution in [0.2, 0.25) is 0 Å². The number of aliphatic hydroxyl groups is 2. The van der Waals surface area contributed by atoms with Crippen molar-refractivity contribution in [2.75, 3.05) is 6.61 Å². The maximum atomic E-state index is 9.50. The van der Waals surface area contributed by atoms with Gasteiger partial charge < -0.3 is 10.2 Å². The van der Waals surface area contributed by atoms with Crippen LogP contribution in [-0.4, -0.2) is 22.9 Å². The van der Waals surface area contributed by atoms with Gasteiger partial charge in [-0.25, -0.2) is 0 Å². The maximum absolute atomic E-state index is 9.50. The van der Waals surface area contributed by atoms with E-state index in [0.29, 0.717) is 6.42 Å². The second-order valence-electron chi connectivity index (χ2n) is 3.76. The third-order valence-corrected chi connectivity index (χ3v) is 2.21. The lowest BCUT2D eigenvalue weighted by molar-refractivity contribution is 0.121. The Morgan fingerprint density at radius 2 is 1.83 bits per heavy atom. The van der Waals surface area contributed by atoms with E-state index < -0.39 is 0 Å². The van der Waals surface area contributed by atoms with E-state index in [1.165, 1.54) is 0 Å². The molecule has 72 valence electrons. The number of rotatable bonds is 5. The summed E-state index contributed by atoms with van der Waals surface area (Å²) in [6.07, 6.45) is 0.269. The summed E-state index contributed by atoms with van der Waals surface area (Å²) >= 11 is 0. The van der Waals surface area contributed by atoms with Crippen LogP contribution in [0.3, 0.4) is 0 Å². The summed E-state index contributed by atoms with van der Waals surface area (Å²) in [5, 5.41) is 18.3. The summed E-state index contributed by atoms with van der Waals surface area (Å²) in [6, 6.07) is 0. The van der Waals surface area contributed by atoms with E-state index in [-0.39, 0.29) is 24.5 Å². The molecule has 0 bridgehead atoms. The Morgan fingerprint density at radius 3 is 2.17 bits per heavy atom. The average Bonchev–Trinajstić information content (AvgIpc) is 2.02. The summed E-state index contributed by atoms with van der Waals surface area (Å²) in [5.74, 6) is 0.353. The first kappa shape index (κ1) is 11.7. The number of aliphatic hydroxyl groups excluding tert-OH is 2. The molecule has 0 amide bonds. The van der Waals surface area contributed by atoms with E-state index in [9.17, 15) is 5.11 Å². The molecule has 0 heterocycles. The standard InChI is InChI=1S/C10H20O2/c1-7(2)10(12)5-8(3)9(4)6-11/h7,9-12H,3,5-6H2,1-2,4H3/t9-,10-/m0/s1. The van der Waals surface area contributed by atoms with Crippen LogP contribution in [-0.2, 0) is 0 Å². The summed E-state index contributed by atoms with van der Waals surface area (Å²) in [6.45, 7) is 9.80. The summed E-state index contributed by atoms with van der Waals surface area (Å²) in [5.41, 5.74) is 0.929. The molecule has 0 spiro atoms. The Bertz CT molecular complexity index is 141. The molecule has 0 fully saturated rings. The highest BCUT2D eigenvalue weighted by Crippen LogP contribution is 2.17. The summed E-state index contributed by atoms with van der Waals surface area (Å²) in [4.78, 5) is 0. The van der Waals surface area contributed by atoms with E-state index in [2.05, 4.69) is 6.58 Å². The topological polar surface area (TPSA) is 40.5 Å². The normalized spacial score (nSPS) is 16.2. The molecule has 0 saturated carbocycles. The first-order valence-electron chi connectivity index (χ1n) is 4.45. The number of hydrogen-bond donors (Lipinski definition) is 2. The lowest BCUT2D eigenvalue weighted by Crippen LogP contribution is -2.18. The van der Waals surface area contributed by atoms with Gasteiger partial charge in [0.05, 0.1) is 6.10 Å². The third-order valence-electron chi connectivity index (χ3n) is 2.21. The molecule has 0 saturated heterocycles. The van der Waals surface area contributed by atoms with Gasteiger partial charge in [0.25, 0.3) is 0 Å². The van der Waals surface area contributed by atoms with Crippen molar-refractivity contribution in [3.63, 3.8) is 0 Å². The Hall–Kier alpha value is -0.340. The Balaban J connectivity index is 3.84. The molecular weight excluding hydrogens is 152 g/mol. The second-order valence-corrected chi connectivity index (χ2v) is 3.76. The van der Waals surface area contributed by atoms with Crippen molar-refractivity contribution in [3.8, 4) is 0 Å². The minimum Gasteiger partial charge on any atom is -0.396 e. The Labute approximate surface area is 74.9 Å². The molecule has 2 heteroatoms. The number of hydrogen-bond acceptors (Lipinski definition) is 2. The molecule has 0 unspecified atom stereocenters. The molecule has 2 nitrogen and oxygen atoms in total. The third kappa shape index (κ3) is 3.88. The zero-order valence-electron chi connectivity index (χ0n) is 8.25. The van der Waals surface area contributed by atoms with Crippen LogP contribution < -0.4 is 0 Å². The van der Waals surface area contributed by atoms with Crippen molar-refractivity contribution in [2.45, 2.75) is 33.3 Å². The zero-order valence-corrected chi connectivity index (χ0v) is 8.25. The monoisotopic (exact) mass is 172 g/mol. The van der Waals surface area contributed by atoms with Crippen LogP contribution in [0.1, 0.15) is 27.2 Å². The fraction of sp³-hybridized carbons (Fsp3) is 0.800. The molecule has 0 aliphatic carbocycles. The molecule has 0 aliphatic heterocycles. The second kappa shape index (κ2) is 5.33. The van der Waals surface area contributed by atoms with Gasteiger partial charge in [0.15, 0.2) is 0 Å². The van der Waals surface area contributed by atoms with Crippen molar-refractivity contribution in [3.05, 3.63) is 12.2 Å². The van der Waals surface area contributed by atoms with Gasteiger partial charge in [0, 0.05) is 6.61 Å². The van der Waals surface area contributed by atoms with Gasteiger partial charge in [-0.3, -0.25) is 0 Å². The first-order chi connectivity index (χ1) is 5.49. The van der Waals surface area contributed by atoms with Crippen LogP contribution >= 0.6 is 0 Å². The fourth-order valence-electron chi connectivity index (χ4n) is 0.835. The quantitative estimate of drug-likeness (QED) is 0.618. The SMILES string of the molecule is C=C(C[C@H](O)C(C)C)[C@@H](C)CO. The van der Waals surface area contributed by atoms with Gasteiger partial charge in [-0.1, -0.05) is 32.9 Å². The molecule has 0 aromatic heterocycles. The van der Waals surface area contributed by atoms with Gasteiger partial charge >= 0.3 is 0 Å². The maximum Gasteiger partial charge on any atom is 0.0600 e. The van der Waals surface area contributed by atoms with Crippen LogP contribution in [0.15, 0.2) is 12.2 Å². The molecule has 2 N–H and O–H groups in total. The molecule has 2 atom stereocenters. The van der Waals surface area contributed by atoms with E-state index in [1.54, 1.807) is 0 Å². The minimum atomic E-state index is -0.327. The molecular formula is C10H20O2. The van der Waals surface area contributed by atoms with Crippen LogP contribution in [0, 0.1) is 11.8 Å². The highest BCUT2D eigenvalue weighted by atomic mass is 16.3. The van der Waals surface area contributed by atoms with E-state index in [4.69, 9.17) is 5.11 Å². The van der Waals surface area contributed by atoms with Crippen molar-refractivity contribution >= 4 is 0 Å². The molecule has 0 radical (unpaired) electrons. The lowest BCUT2D eigenvalue weighted by atomic mass is 9.93. The largest absolute Gasteiger partial charge is 0.396 e. The molecule has 0 aliphatic rings. The predicted octanol–water partition coefficient (Wildman–Crippen LogP) is 1.58. The fourth-order valence-corrected chi connectivity index (χ4v) is 0.835. The molecule has 12 heavy (non-hydrogen) atoms. The Morgan fingerprint density at radius 1 is 1.33 bits per heavy atom. The lowest BCUT2D eigenvalue weighted by Gasteiger charge is -2.18. The van der Waals surface area contributed by atoms with Crippen LogP contribution in [0.5, 0.6) is 0 Å². The van der Waals surface area contributed by atoms with E-state index >= 15 is 0 Å². The first-order valence-corrected chi connectivity index (χ1v) is 4.45. The zero-order chi connectivity index (χ0) is 9.72. The van der Waals surface area contributed by atoms with Crippen molar-refractivity contribution < 1.29 is 10.2 Å². The molecule has 0 aromatic rings. The smallest absolute Gasteiger partial charge is 0.0600 e. The average molecular weight is 172 g/mol. The predicted molar refractivity (Wildman–Crippen MR) is 50.9 cm³/mol. The summed E-state index contributed by atoms with van der Waals surface area (Å²) < 4.78 is 0. The minimum absolute atomic E-state index is 0.0957. The van der Waals surface area contributed by atoms with Crippen molar-refractivity contribution in [1.29, 1.82) is 0 Å². The van der Waals surface area contributed by atoms with Gasteiger partial charge in [-0.2, -0.15) is 0 Å². The highest BCUT2D eigenvalue weighted by Gasteiger charge is 2.13. The van der Waals surface area contributed by atoms with Crippen LogP contribution in [0.25, 0.3) is 0 Å². The molecule has 0 aromatic carbocycles. The Kier molecular flexibility index (Phi) is 5.18. The summed E-state index contributed by atoms with van der Waals surface area (Å²) in [7, 11) is 0. The highest BCUT2D eigenvalue weighted by molar-refractivity contribution is 5.00. The van der Waals surface area contributed by atoms with Gasteiger partial charge in [0.1, 0.15) is 0 Å². The van der Waals surface area contributed by atoms with E-state index in [0.717, 1.165) is 5.57 Å². The van der Waals surface area contributed by atoms with Gasteiger partial charge in [-0.15, -0.1) is 0 Å². The van der Waals surface area contributed by atoms with Crippen molar-refractivity contribution in [2.24, 2.45) is 11.8 Å². The molecule has 0 rings (SSSR count). The van der Waals surface area contributed by atoms with Crippen LogP contribution in [0.4, 0.5) is 0 Å². The van der Waals surface area contributed by atoms with Crippen molar-refractivity contribution in [1.82, 2.24) is 0 Å². The van der Waals surface area contributed by atoms with E-state index in [1.807, 2.05) is 20.8 Å². The van der Waals surface area contributed by atoms with Gasteiger partial charge in [-0.05, 0) is 18.3 Å². The van der Waals surface area contributed by atoms with Gasteiger partial charge in [0.2, 0.25) is 0 Å².